The maximum absolute atomic E-state index is 12.5. The number of benzene rings is 2. The Morgan fingerprint density at radius 3 is 2.00 bits per heavy atom. The molecule has 0 N–H and O–H groups in total. The molecule has 0 bridgehead atoms. The van der Waals surface area contributed by atoms with Crippen molar-refractivity contribution in [2.45, 2.75) is 38.7 Å². The van der Waals surface area contributed by atoms with Gasteiger partial charge < -0.3 is 14.2 Å². The second kappa shape index (κ2) is 8.33. The fourth-order valence-corrected chi connectivity index (χ4v) is 2.34. The fraction of sp³-hybridized carbons (Fsp3) is 0.350. The number of hydrogen-bond donors (Lipinski definition) is 0. The van der Waals surface area contributed by atoms with Crippen molar-refractivity contribution in [3.8, 4) is 11.5 Å². The summed E-state index contributed by atoms with van der Waals surface area (Å²) in [6, 6.07) is 11.6. The maximum Gasteiger partial charge on any atom is 0.416 e. The molecule has 2 aromatic rings. The fourth-order valence-electron chi connectivity index (χ4n) is 2.34. The maximum atomic E-state index is 12.5. The van der Waals surface area contributed by atoms with E-state index in [2.05, 4.69) is 4.74 Å². The Morgan fingerprint density at radius 1 is 0.926 bits per heavy atom. The third-order valence-electron chi connectivity index (χ3n) is 3.70. The molecular weight excluding hydrogens is 361 g/mol. The van der Waals surface area contributed by atoms with E-state index in [1.807, 2.05) is 0 Å². The topological polar surface area (TPSA) is 44.8 Å². The minimum absolute atomic E-state index is 0.107. The first kappa shape index (κ1) is 20.6. The van der Waals surface area contributed by atoms with Gasteiger partial charge in [0.2, 0.25) is 0 Å². The molecule has 4 nitrogen and oxygen atoms in total. The lowest BCUT2D eigenvalue weighted by Crippen LogP contribution is -2.31. The number of carbonyl (C=O) groups is 1. The summed E-state index contributed by atoms with van der Waals surface area (Å²) < 4.78 is 53.6. The van der Waals surface area contributed by atoms with Gasteiger partial charge >= 0.3 is 12.1 Å². The van der Waals surface area contributed by atoms with Gasteiger partial charge in [-0.2, -0.15) is 13.2 Å². The Morgan fingerprint density at radius 2 is 1.48 bits per heavy atom. The molecular formula is C20H21F3O4. The van der Waals surface area contributed by atoms with Crippen LogP contribution in [-0.4, -0.2) is 18.7 Å². The molecule has 0 amide bonds. The summed E-state index contributed by atoms with van der Waals surface area (Å²) in [5.74, 6) is 0.746. The normalized spacial score (nSPS) is 11.8. The van der Waals surface area contributed by atoms with Gasteiger partial charge in [0, 0.05) is 0 Å². The van der Waals surface area contributed by atoms with E-state index in [0.717, 1.165) is 12.1 Å². The lowest BCUT2D eigenvalue weighted by molar-refractivity contribution is -0.144. The van der Waals surface area contributed by atoms with Crippen molar-refractivity contribution < 1.29 is 32.2 Å². The van der Waals surface area contributed by atoms with E-state index in [1.54, 1.807) is 38.1 Å². The molecule has 0 saturated heterocycles. The number of ether oxygens (including phenoxy) is 3. The van der Waals surface area contributed by atoms with Gasteiger partial charge in [-0.05, 0) is 55.8 Å². The van der Waals surface area contributed by atoms with Crippen molar-refractivity contribution in [1.29, 1.82) is 0 Å². The van der Waals surface area contributed by atoms with Gasteiger partial charge in [-0.3, -0.25) is 4.79 Å². The zero-order valence-corrected chi connectivity index (χ0v) is 15.3. The molecule has 0 aliphatic heterocycles. The summed E-state index contributed by atoms with van der Waals surface area (Å²) in [6.07, 6.45) is -4.24. The Bertz CT molecular complexity index is 750. The number of methoxy groups -OCH3 is 1. The lowest BCUT2D eigenvalue weighted by Gasteiger charge is -2.25. The lowest BCUT2D eigenvalue weighted by atomic mass is 10.1. The molecule has 0 aliphatic carbocycles. The smallest absolute Gasteiger partial charge is 0.416 e. The Kier molecular flexibility index (Phi) is 6.36. The average Bonchev–Trinajstić information content (AvgIpc) is 2.60. The summed E-state index contributed by atoms with van der Waals surface area (Å²) in [6.45, 7) is 3.70. The van der Waals surface area contributed by atoms with E-state index < -0.39 is 17.3 Å². The van der Waals surface area contributed by atoms with Gasteiger partial charge in [0.15, 0.2) is 0 Å². The van der Waals surface area contributed by atoms with Crippen molar-refractivity contribution in [3.63, 3.8) is 0 Å². The number of carbonyl (C=O) groups excluding carboxylic acids is 1. The molecule has 2 rings (SSSR count). The van der Waals surface area contributed by atoms with Crippen LogP contribution in [0.15, 0.2) is 48.5 Å². The molecule has 2 aromatic carbocycles. The van der Waals surface area contributed by atoms with Gasteiger partial charge in [0.1, 0.15) is 23.7 Å². The Balaban J connectivity index is 1.91. The largest absolute Gasteiger partial charge is 0.489 e. The van der Waals surface area contributed by atoms with Gasteiger partial charge in [-0.15, -0.1) is 0 Å². The van der Waals surface area contributed by atoms with Crippen LogP contribution in [0, 0.1) is 0 Å². The van der Waals surface area contributed by atoms with Crippen LogP contribution in [0.5, 0.6) is 11.5 Å². The average molecular weight is 382 g/mol. The van der Waals surface area contributed by atoms with Crippen LogP contribution in [0.4, 0.5) is 13.2 Å². The number of esters is 1. The number of alkyl halides is 3. The molecule has 0 saturated carbocycles. The minimum atomic E-state index is -4.35. The van der Waals surface area contributed by atoms with Crippen molar-refractivity contribution in [2.24, 2.45) is 0 Å². The Hall–Kier alpha value is -2.70. The molecule has 7 heteroatoms. The van der Waals surface area contributed by atoms with E-state index in [0.29, 0.717) is 17.1 Å². The van der Waals surface area contributed by atoms with E-state index in [-0.39, 0.29) is 19.0 Å². The minimum Gasteiger partial charge on any atom is -0.489 e. The van der Waals surface area contributed by atoms with Gasteiger partial charge in [0.25, 0.3) is 0 Å². The van der Waals surface area contributed by atoms with Crippen LogP contribution < -0.4 is 9.47 Å². The molecule has 0 fully saturated rings. The van der Waals surface area contributed by atoms with Crippen molar-refractivity contribution in [2.75, 3.05) is 7.11 Å². The third-order valence-corrected chi connectivity index (χ3v) is 3.70. The van der Waals surface area contributed by atoms with Crippen LogP contribution in [0.25, 0.3) is 0 Å². The number of rotatable bonds is 7. The van der Waals surface area contributed by atoms with E-state index in [1.165, 1.54) is 19.2 Å². The highest BCUT2D eigenvalue weighted by atomic mass is 19.4. The monoisotopic (exact) mass is 382 g/mol. The second-order valence-corrected chi connectivity index (χ2v) is 6.57. The van der Waals surface area contributed by atoms with Crippen molar-refractivity contribution >= 4 is 5.97 Å². The highest BCUT2D eigenvalue weighted by Gasteiger charge is 2.30. The molecule has 0 spiro atoms. The number of halogens is 3. The summed E-state index contributed by atoms with van der Waals surface area (Å²) in [5.41, 5.74) is -0.791. The third kappa shape index (κ3) is 6.51. The van der Waals surface area contributed by atoms with E-state index >= 15 is 0 Å². The summed E-state index contributed by atoms with van der Waals surface area (Å²) in [5, 5.41) is 0. The summed E-state index contributed by atoms with van der Waals surface area (Å²) in [7, 11) is 1.32. The van der Waals surface area contributed by atoms with Crippen LogP contribution in [-0.2, 0) is 22.3 Å². The number of hydrogen-bond acceptors (Lipinski definition) is 4. The predicted octanol–water partition coefficient (Wildman–Crippen LogP) is 5.00. The summed E-state index contributed by atoms with van der Waals surface area (Å²) >= 11 is 0. The molecule has 0 aromatic heterocycles. The SMILES string of the molecule is COC(=O)CC(C)(C)Oc1ccc(OCc2ccc(C(F)(F)F)cc2)cc1. The summed E-state index contributed by atoms with van der Waals surface area (Å²) in [4.78, 5) is 11.4. The molecule has 27 heavy (non-hydrogen) atoms. The predicted molar refractivity (Wildman–Crippen MR) is 93.6 cm³/mol. The highest BCUT2D eigenvalue weighted by molar-refractivity contribution is 5.70. The van der Waals surface area contributed by atoms with Gasteiger partial charge in [-0.1, -0.05) is 12.1 Å². The first-order valence-corrected chi connectivity index (χ1v) is 8.24. The van der Waals surface area contributed by atoms with Gasteiger partial charge in [-0.25, -0.2) is 0 Å². The zero-order chi connectivity index (χ0) is 20.1. The first-order valence-electron chi connectivity index (χ1n) is 8.24. The van der Waals surface area contributed by atoms with E-state index in [4.69, 9.17) is 9.47 Å². The first-order chi connectivity index (χ1) is 12.6. The Labute approximate surface area is 155 Å². The standard InChI is InChI=1S/C20H21F3O4/c1-19(2,12-18(24)25-3)27-17-10-8-16(9-11-17)26-13-14-4-6-15(7-5-14)20(21,22)23/h4-11H,12-13H2,1-3H3. The van der Waals surface area contributed by atoms with Crippen LogP contribution in [0.2, 0.25) is 0 Å². The quantitative estimate of drug-likeness (QED) is 0.632. The molecule has 0 aliphatic rings. The molecule has 0 atom stereocenters. The zero-order valence-electron chi connectivity index (χ0n) is 15.3. The van der Waals surface area contributed by atoms with Gasteiger partial charge in [0.05, 0.1) is 19.1 Å². The molecule has 0 radical (unpaired) electrons. The molecule has 146 valence electrons. The van der Waals surface area contributed by atoms with Crippen LogP contribution in [0.1, 0.15) is 31.4 Å². The van der Waals surface area contributed by atoms with E-state index in [9.17, 15) is 18.0 Å². The second-order valence-electron chi connectivity index (χ2n) is 6.57. The molecule has 0 heterocycles. The highest BCUT2D eigenvalue weighted by Crippen LogP contribution is 2.29. The van der Waals surface area contributed by atoms with Crippen molar-refractivity contribution in [3.05, 3.63) is 59.7 Å². The van der Waals surface area contributed by atoms with Crippen LogP contribution in [0.3, 0.4) is 0 Å². The molecule has 0 unspecified atom stereocenters. The van der Waals surface area contributed by atoms with Crippen molar-refractivity contribution in [1.82, 2.24) is 0 Å². The van der Waals surface area contributed by atoms with Crippen LogP contribution >= 0.6 is 0 Å².